The van der Waals surface area contributed by atoms with Crippen LogP contribution in [0.3, 0.4) is 0 Å². The summed E-state index contributed by atoms with van der Waals surface area (Å²) in [5.41, 5.74) is 8.92. The first-order chi connectivity index (χ1) is 11.7. The number of thiophene rings is 1. The van der Waals surface area contributed by atoms with Crippen molar-refractivity contribution in [3.8, 4) is 16.5 Å². The molecular weight excluding hydrogens is 316 g/mol. The van der Waals surface area contributed by atoms with E-state index in [1.165, 1.54) is 10.4 Å². The number of aryl methyl sites for hydroxylation is 1. The fraction of sp³-hybridized carbons (Fsp3) is 0.200. The Kier molecular flexibility index (Phi) is 3.59. The van der Waals surface area contributed by atoms with E-state index in [0.717, 1.165) is 52.5 Å². The van der Waals surface area contributed by atoms with Crippen molar-refractivity contribution in [2.45, 2.75) is 25.7 Å². The maximum Gasteiger partial charge on any atom is 0.249 e. The smallest absolute Gasteiger partial charge is 0.249 e. The van der Waals surface area contributed by atoms with Crippen LogP contribution in [0.15, 0.2) is 36.4 Å². The van der Waals surface area contributed by atoms with Crippen molar-refractivity contribution in [2.24, 2.45) is 5.73 Å². The molecule has 2 N–H and O–H groups in total. The molecule has 4 rings (SSSR count). The Balaban J connectivity index is 2.04. The number of primary amides is 1. The Labute approximate surface area is 144 Å². The van der Waals surface area contributed by atoms with Gasteiger partial charge in [-0.2, -0.15) is 5.26 Å². The average Bonchev–Trinajstić information content (AvgIpc) is 2.98. The highest BCUT2D eigenvalue weighted by Gasteiger charge is 2.24. The molecule has 0 bridgehead atoms. The summed E-state index contributed by atoms with van der Waals surface area (Å²) in [6, 6.07) is 14.0. The van der Waals surface area contributed by atoms with E-state index in [9.17, 15) is 10.1 Å². The molecule has 3 nitrogen and oxygen atoms in total. The lowest BCUT2D eigenvalue weighted by Gasteiger charge is -2.10. The van der Waals surface area contributed by atoms with Crippen LogP contribution in [0.1, 0.15) is 39.2 Å². The van der Waals surface area contributed by atoms with Crippen LogP contribution in [0.2, 0.25) is 0 Å². The van der Waals surface area contributed by atoms with E-state index in [4.69, 9.17) is 5.73 Å². The molecule has 1 aliphatic carbocycles. The standard InChI is InChI=1S/C20H16N2OS/c21-11-16-14-7-3-4-8-17(14)24-19(16)15-10-9-12-5-1-2-6-13(12)18(15)20(22)23/h1-2,5-6,9-10H,3-4,7-8H2,(H2,22,23). The molecule has 0 aliphatic heterocycles. The minimum absolute atomic E-state index is 0.447. The van der Waals surface area contributed by atoms with Crippen molar-refractivity contribution in [1.29, 1.82) is 5.26 Å². The minimum atomic E-state index is -0.447. The first-order valence-electron chi connectivity index (χ1n) is 8.07. The van der Waals surface area contributed by atoms with Crippen molar-refractivity contribution in [2.75, 3.05) is 0 Å². The van der Waals surface area contributed by atoms with Gasteiger partial charge in [0.25, 0.3) is 0 Å². The molecule has 1 amide bonds. The molecule has 1 aliphatic rings. The van der Waals surface area contributed by atoms with Crippen molar-refractivity contribution < 1.29 is 4.79 Å². The zero-order valence-electron chi connectivity index (χ0n) is 13.1. The lowest BCUT2D eigenvalue weighted by Crippen LogP contribution is -2.13. The van der Waals surface area contributed by atoms with Crippen molar-refractivity contribution in [3.05, 3.63) is 58.0 Å². The summed E-state index contributed by atoms with van der Waals surface area (Å²) in [6.07, 6.45) is 4.26. The molecule has 4 heteroatoms. The zero-order valence-corrected chi connectivity index (χ0v) is 14.0. The first kappa shape index (κ1) is 14.9. The second-order valence-electron chi connectivity index (χ2n) is 6.10. The molecule has 118 valence electrons. The summed E-state index contributed by atoms with van der Waals surface area (Å²) in [6.45, 7) is 0. The predicted octanol–water partition coefficient (Wildman–Crippen LogP) is 4.42. The molecule has 0 radical (unpaired) electrons. The van der Waals surface area contributed by atoms with Gasteiger partial charge in [-0.3, -0.25) is 4.79 Å². The minimum Gasteiger partial charge on any atom is -0.366 e. The Hall–Kier alpha value is -2.64. The SMILES string of the molecule is N#Cc1c(-c2ccc3ccccc3c2C(N)=O)sc2c1CCCC2. The number of nitriles is 1. The van der Waals surface area contributed by atoms with Gasteiger partial charge in [-0.25, -0.2) is 0 Å². The topological polar surface area (TPSA) is 66.9 Å². The Morgan fingerprint density at radius 3 is 2.71 bits per heavy atom. The van der Waals surface area contributed by atoms with Crippen molar-refractivity contribution >= 4 is 28.0 Å². The summed E-state index contributed by atoms with van der Waals surface area (Å²) in [7, 11) is 0. The van der Waals surface area contributed by atoms with Gasteiger partial charge in [-0.15, -0.1) is 11.3 Å². The van der Waals surface area contributed by atoms with Gasteiger partial charge in [0.2, 0.25) is 5.91 Å². The van der Waals surface area contributed by atoms with E-state index in [2.05, 4.69) is 6.07 Å². The maximum atomic E-state index is 12.2. The number of hydrogen-bond donors (Lipinski definition) is 1. The van der Waals surface area contributed by atoms with Crippen LogP contribution in [0.4, 0.5) is 0 Å². The highest BCUT2D eigenvalue weighted by atomic mass is 32.1. The number of nitrogens with zero attached hydrogens (tertiary/aromatic N) is 1. The quantitative estimate of drug-likeness (QED) is 0.755. The van der Waals surface area contributed by atoms with Gasteiger partial charge < -0.3 is 5.73 Å². The van der Waals surface area contributed by atoms with Crippen LogP contribution in [0.5, 0.6) is 0 Å². The lowest BCUT2D eigenvalue weighted by atomic mass is 9.92. The summed E-state index contributed by atoms with van der Waals surface area (Å²) in [5, 5.41) is 11.5. The highest BCUT2D eigenvalue weighted by molar-refractivity contribution is 7.16. The average molecular weight is 332 g/mol. The predicted molar refractivity (Wildman–Crippen MR) is 97.1 cm³/mol. The number of carbonyl (C=O) groups is 1. The van der Waals surface area contributed by atoms with Gasteiger partial charge in [0, 0.05) is 10.4 Å². The van der Waals surface area contributed by atoms with Crippen LogP contribution in [-0.2, 0) is 12.8 Å². The van der Waals surface area contributed by atoms with Crippen molar-refractivity contribution in [1.82, 2.24) is 0 Å². The fourth-order valence-electron chi connectivity index (χ4n) is 3.60. The Morgan fingerprint density at radius 1 is 1.12 bits per heavy atom. The number of amides is 1. The van der Waals surface area contributed by atoms with Gasteiger partial charge in [-0.1, -0.05) is 36.4 Å². The zero-order chi connectivity index (χ0) is 16.7. The molecule has 0 saturated heterocycles. The summed E-state index contributed by atoms with van der Waals surface area (Å²) in [5.74, 6) is -0.447. The number of rotatable bonds is 2. The molecule has 0 spiro atoms. The van der Waals surface area contributed by atoms with Gasteiger partial charge >= 0.3 is 0 Å². The second-order valence-corrected chi connectivity index (χ2v) is 7.21. The molecule has 1 aromatic heterocycles. The maximum absolute atomic E-state index is 12.2. The summed E-state index contributed by atoms with van der Waals surface area (Å²) >= 11 is 1.65. The van der Waals surface area contributed by atoms with Gasteiger partial charge in [0.1, 0.15) is 6.07 Å². The Morgan fingerprint density at radius 2 is 1.92 bits per heavy atom. The van der Waals surface area contributed by atoms with Crippen molar-refractivity contribution in [3.63, 3.8) is 0 Å². The van der Waals surface area contributed by atoms with Gasteiger partial charge in [0.15, 0.2) is 0 Å². The third-order valence-corrected chi connectivity index (χ3v) is 6.03. The monoisotopic (exact) mass is 332 g/mol. The van der Waals surface area contributed by atoms with Gasteiger partial charge in [-0.05, 0) is 42.0 Å². The Bertz CT molecular complexity index is 1010. The second kappa shape index (κ2) is 5.77. The first-order valence-corrected chi connectivity index (χ1v) is 8.89. The third-order valence-electron chi connectivity index (χ3n) is 4.70. The molecule has 3 aromatic rings. The fourth-order valence-corrected chi connectivity index (χ4v) is 4.97. The number of carbonyl (C=O) groups excluding carboxylic acids is 1. The molecule has 2 aromatic carbocycles. The molecule has 0 fully saturated rings. The van der Waals surface area contributed by atoms with Crippen LogP contribution in [-0.4, -0.2) is 5.91 Å². The van der Waals surface area contributed by atoms with E-state index in [1.807, 2.05) is 36.4 Å². The normalized spacial score (nSPS) is 13.5. The van der Waals surface area contributed by atoms with E-state index in [-0.39, 0.29) is 0 Å². The number of fused-ring (bicyclic) bond motifs is 2. The third kappa shape index (κ3) is 2.21. The lowest BCUT2D eigenvalue weighted by molar-refractivity contribution is 0.100. The van der Waals surface area contributed by atoms with E-state index < -0.39 is 5.91 Å². The summed E-state index contributed by atoms with van der Waals surface area (Å²) in [4.78, 5) is 14.4. The largest absolute Gasteiger partial charge is 0.366 e. The molecule has 0 atom stereocenters. The molecule has 0 unspecified atom stereocenters. The molecule has 24 heavy (non-hydrogen) atoms. The molecular formula is C20H16N2OS. The van der Waals surface area contributed by atoms with Crippen LogP contribution in [0.25, 0.3) is 21.2 Å². The van der Waals surface area contributed by atoms with Gasteiger partial charge in [0.05, 0.1) is 16.0 Å². The van der Waals surface area contributed by atoms with E-state index >= 15 is 0 Å². The van der Waals surface area contributed by atoms with Crippen LogP contribution in [0, 0.1) is 11.3 Å². The van der Waals surface area contributed by atoms with E-state index in [0.29, 0.717) is 5.56 Å². The van der Waals surface area contributed by atoms with Crippen LogP contribution >= 0.6 is 11.3 Å². The number of hydrogen-bond acceptors (Lipinski definition) is 3. The highest BCUT2D eigenvalue weighted by Crippen LogP contribution is 2.42. The summed E-state index contributed by atoms with van der Waals surface area (Å²) < 4.78 is 0. The molecule has 1 heterocycles. The number of nitrogens with two attached hydrogens (primary N) is 1. The number of benzene rings is 2. The molecule has 0 saturated carbocycles. The van der Waals surface area contributed by atoms with Crippen LogP contribution < -0.4 is 5.73 Å². The van der Waals surface area contributed by atoms with E-state index in [1.54, 1.807) is 11.3 Å².